The summed E-state index contributed by atoms with van der Waals surface area (Å²) in [6, 6.07) is 17.8. The van der Waals surface area contributed by atoms with Crippen molar-refractivity contribution >= 4 is 17.6 Å². The highest BCUT2D eigenvalue weighted by Gasteiger charge is 2.23. The summed E-state index contributed by atoms with van der Waals surface area (Å²) < 4.78 is 0. The molecule has 28 heavy (non-hydrogen) atoms. The molecule has 2 aromatic rings. The van der Waals surface area contributed by atoms with E-state index in [1.807, 2.05) is 35.2 Å². The van der Waals surface area contributed by atoms with Crippen LogP contribution in [-0.2, 0) is 6.54 Å². The molecule has 6 nitrogen and oxygen atoms in total. The maximum absolute atomic E-state index is 12.9. The van der Waals surface area contributed by atoms with Crippen molar-refractivity contribution in [3.63, 3.8) is 0 Å². The van der Waals surface area contributed by atoms with Gasteiger partial charge in [-0.05, 0) is 36.2 Å². The van der Waals surface area contributed by atoms with Gasteiger partial charge >= 0.3 is 6.03 Å². The van der Waals surface area contributed by atoms with Gasteiger partial charge in [-0.3, -0.25) is 14.6 Å². The largest absolute Gasteiger partial charge is 0.337 e. The summed E-state index contributed by atoms with van der Waals surface area (Å²) in [5.74, 6) is 0.0685. The van der Waals surface area contributed by atoms with Crippen LogP contribution in [0.4, 0.5) is 10.5 Å². The number of urea groups is 1. The maximum Gasteiger partial charge on any atom is 0.321 e. The average molecular weight is 378 g/mol. The molecule has 2 aromatic carbocycles. The van der Waals surface area contributed by atoms with Crippen LogP contribution in [-0.4, -0.2) is 61.0 Å². The number of nitrogens with zero attached hydrogens (tertiary/aromatic N) is 3. The van der Waals surface area contributed by atoms with Crippen molar-refractivity contribution in [2.45, 2.75) is 13.0 Å². The number of benzene rings is 2. The van der Waals surface area contributed by atoms with Crippen molar-refractivity contribution in [2.24, 2.45) is 0 Å². The predicted octanol–water partition coefficient (Wildman–Crippen LogP) is 2.56. The fourth-order valence-corrected chi connectivity index (χ4v) is 3.86. The van der Waals surface area contributed by atoms with Crippen LogP contribution in [0, 0.1) is 0 Å². The number of hydrogen-bond acceptors (Lipinski definition) is 3. The first-order chi connectivity index (χ1) is 13.7. The lowest BCUT2D eigenvalue weighted by Gasteiger charge is -2.22. The summed E-state index contributed by atoms with van der Waals surface area (Å²) in [6.45, 7) is 5.65. The molecular weight excluding hydrogens is 352 g/mol. The lowest BCUT2D eigenvalue weighted by molar-refractivity contribution is 0.0761. The lowest BCUT2D eigenvalue weighted by Crippen LogP contribution is -2.35. The van der Waals surface area contributed by atoms with Gasteiger partial charge in [-0.1, -0.05) is 30.3 Å². The zero-order valence-electron chi connectivity index (χ0n) is 16.0. The molecule has 2 aliphatic heterocycles. The molecule has 0 atom stereocenters. The minimum absolute atomic E-state index is 0.0685. The second-order valence-electron chi connectivity index (χ2n) is 7.34. The van der Waals surface area contributed by atoms with Gasteiger partial charge in [0.15, 0.2) is 0 Å². The van der Waals surface area contributed by atoms with E-state index in [9.17, 15) is 9.59 Å². The highest BCUT2D eigenvalue weighted by atomic mass is 16.2. The quantitative estimate of drug-likeness (QED) is 0.890. The van der Waals surface area contributed by atoms with Crippen LogP contribution in [0.3, 0.4) is 0 Å². The summed E-state index contributed by atoms with van der Waals surface area (Å²) in [6.07, 6.45) is 0.977. The first-order valence-corrected chi connectivity index (χ1v) is 9.92. The van der Waals surface area contributed by atoms with Gasteiger partial charge in [0, 0.05) is 57.1 Å². The molecule has 4 rings (SSSR count). The lowest BCUT2D eigenvalue weighted by atomic mass is 10.1. The summed E-state index contributed by atoms with van der Waals surface area (Å²) in [5.41, 5.74) is 2.82. The molecule has 0 spiro atoms. The second-order valence-corrected chi connectivity index (χ2v) is 7.34. The highest BCUT2D eigenvalue weighted by molar-refractivity contribution is 5.97. The Bertz CT molecular complexity index is 822. The van der Waals surface area contributed by atoms with Crippen molar-refractivity contribution in [3.8, 4) is 0 Å². The van der Waals surface area contributed by atoms with Crippen molar-refractivity contribution < 1.29 is 9.59 Å². The van der Waals surface area contributed by atoms with Gasteiger partial charge < -0.3 is 10.2 Å². The number of amides is 3. The Morgan fingerprint density at radius 2 is 1.68 bits per heavy atom. The molecule has 0 radical (unpaired) electrons. The molecule has 2 saturated heterocycles. The van der Waals surface area contributed by atoms with Crippen LogP contribution in [0.15, 0.2) is 54.6 Å². The van der Waals surface area contributed by atoms with Crippen LogP contribution >= 0.6 is 0 Å². The van der Waals surface area contributed by atoms with Crippen LogP contribution in [0.25, 0.3) is 0 Å². The second kappa shape index (κ2) is 8.44. The minimum Gasteiger partial charge on any atom is -0.337 e. The molecule has 1 N–H and O–H groups in total. The molecule has 0 aromatic heterocycles. The summed E-state index contributed by atoms with van der Waals surface area (Å²) in [7, 11) is 0. The fraction of sp³-hybridized carbons (Fsp3) is 0.364. The van der Waals surface area contributed by atoms with Crippen LogP contribution in [0.1, 0.15) is 22.3 Å². The number of carbonyl (C=O) groups excluding carboxylic acids is 2. The molecule has 2 fully saturated rings. The number of nitrogens with one attached hydrogen (secondary N) is 1. The third kappa shape index (κ3) is 4.17. The Morgan fingerprint density at radius 3 is 2.39 bits per heavy atom. The zero-order valence-corrected chi connectivity index (χ0v) is 16.0. The molecule has 2 aliphatic rings. The van der Waals surface area contributed by atoms with E-state index in [1.165, 1.54) is 5.56 Å². The topological polar surface area (TPSA) is 55.9 Å². The van der Waals surface area contributed by atoms with E-state index in [0.29, 0.717) is 18.7 Å². The monoisotopic (exact) mass is 378 g/mol. The van der Waals surface area contributed by atoms with E-state index in [0.717, 1.165) is 44.8 Å². The third-order valence-corrected chi connectivity index (χ3v) is 5.41. The molecule has 2 heterocycles. The number of hydrogen-bond donors (Lipinski definition) is 1. The van der Waals surface area contributed by atoms with Crippen LogP contribution in [0.2, 0.25) is 0 Å². The summed E-state index contributed by atoms with van der Waals surface area (Å²) in [4.78, 5) is 30.8. The van der Waals surface area contributed by atoms with E-state index in [2.05, 4.69) is 34.5 Å². The predicted molar refractivity (Wildman–Crippen MR) is 109 cm³/mol. The molecule has 0 bridgehead atoms. The van der Waals surface area contributed by atoms with Crippen molar-refractivity contribution in [1.29, 1.82) is 0 Å². The van der Waals surface area contributed by atoms with Gasteiger partial charge in [0.1, 0.15) is 0 Å². The number of anilines is 1. The van der Waals surface area contributed by atoms with Crippen molar-refractivity contribution in [2.75, 3.05) is 44.2 Å². The van der Waals surface area contributed by atoms with Gasteiger partial charge in [0.05, 0.1) is 0 Å². The highest BCUT2D eigenvalue weighted by Crippen LogP contribution is 2.19. The molecule has 0 aliphatic carbocycles. The van der Waals surface area contributed by atoms with Crippen LogP contribution in [0.5, 0.6) is 0 Å². The summed E-state index contributed by atoms with van der Waals surface area (Å²) in [5, 5.41) is 2.79. The van der Waals surface area contributed by atoms with Gasteiger partial charge in [0.25, 0.3) is 5.91 Å². The van der Waals surface area contributed by atoms with Gasteiger partial charge in [-0.2, -0.15) is 0 Å². The summed E-state index contributed by atoms with van der Waals surface area (Å²) >= 11 is 0. The van der Waals surface area contributed by atoms with E-state index in [-0.39, 0.29) is 11.9 Å². The third-order valence-electron chi connectivity index (χ3n) is 5.41. The number of rotatable bonds is 4. The Labute approximate surface area is 165 Å². The fourth-order valence-electron chi connectivity index (χ4n) is 3.86. The number of carbonyl (C=O) groups is 2. The molecule has 146 valence electrons. The molecule has 0 saturated carbocycles. The van der Waals surface area contributed by atoms with Gasteiger partial charge in [0.2, 0.25) is 0 Å². The SMILES string of the molecule is O=C(c1ccc(N2CCNC2=O)cc1)N1CCCN(Cc2ccccc2)CC1. The molecule has 6 heteroatoms. The Balaban J connectivity index is 1.36. The van der Waals surface area contributed by atoms with E-state index >= 15 is 0 Å². The van der Waals surface area contributed by atoms with Crippen molar-refractivity contribution in [1.82, 2.24) is 15.1 Å². The Hall–Kier alpha value is -2.86. The minimum atomic E-state index is -0.0786. The molecular formula is C22H26N4O2. The first kappa shape index (κ1) is 18.5. The van der Waals surface area contributed by atoms with E-state index in [4.69, 9.17) is 0 Å². The van der Waals surface area contributed by atoms with E-state index < -0.39 is 0 Å². The smallest absolute Gasteiger partial charge is 0.321 e. The normalized spacial score (nSPS) is 18.1. The van der Waals surface area contributed by atoms with E-state index in [1.54, 1.807) is 4.90 Å². The zero-order chi connectivity index (χ0) is 19.3. The first-order valence-electron chi connectivity index (χ1n) is 9.92. The molecule has 3 amide bonds. The average Bonchev–Trinajstić information content (AvgIpc) is 3.02. The van der Waals surface area contributed by atoms with Crippen LogP contribution < -0.4 is 10.2 Å². The molecule has 0 unspecified atom stereocenters. The van der Waals surface area contributed by atoms with Gasteiger partial charge in [-0.15, -0.1) is 0 Å². The maximum atomic E-state index is 12.9. The standard InChI is InChI=1S/C22H26N4O2/c27-21(19-7-9-20(10-8-19)26-14-11-23-22(26)28)25-13-4-12-24(15-16-25)17-18-5-2-1-3-6-18/h1-3,5-10H,4,11-17H2,(H,23,28). The van der Waals surface area contributed by atoms with Gasteiger partial charge in [-0.25, -0.2) is 4.79 Å². The Morgan fingerprint density at radius 1 is 0.893 bits per heavy atom. The van der Waals surface area contributed by atoms with Crippen molar-refractivity contribution in [3.05, 3.63) is 65.7 Å². The Kier molecular flexibility index (Phi) is 5.58.